The van der Waals surface area contributed by atoms with Gasteiger partial charge in [-0.05, 0) is 37.6 Å². The number of aryl methyl sites for hydroxylation is 1. The molecule has 0 saturated carbocycles. The van der Waals surface area contributed by atoms with Gasteiger partial charge < -0.3 is 19.4 Å². The van der Waals surface area contributed by atoms with Crippen LogP contribution in [0.15, 0.2) is 41.3 Å². The van der Waals surface area contributed by atoms with E-state index < -0.39 is 11.9 Å². The first-order valence-corrected chi connectivity index (χ1v) is 8.34. The number of ether oxygens (including phenoxy) is 2. The van der Waals surface area contributed by atoms with E-state index in [0.717, 1.165) is 5.69 Å². The number of aromatic nitrogens is 1. The molecule has 7 nitrogen and oxygen atoms in total. The van der Waals surface area contributed by atoms with Crippen molar-refractivity contribution in [1.29, 1.82) is 0 Å². The molecule has 1 aromatic heterocycles. The van der Waals surface area contributed by atoms with E-state index in [0.29, 0.717) is 24.3 Å². The third-order valence-electron chi connectivity index (χ3n) is 3.72. The second-order valence-corrected chi connectivity index (χ2v) is 5.55. The smallest absolute Gasteiger partial charge is 0.338 e. The Kier molecular flexibility index (Phi) is 6.54. The maximum atomic E-state index is 12.1. The minimum Gasteiger partial charge on any atom is -0.478 e. The fourth-order valence-corrected chi connectivity index (χ4v) is 2.45. The van der Waals surface area contributed by atoms with E-state index in [1.807, 2.05) is 14.0 Å². The van der Waals surface area contributed by atoms with Gasteiger partial charge in [0.1, 0.15) is 0 Å². The number of pyridine rings is 1. The molecule has 0 spiro atoms. The Balaban J connectivity index is 1.99. The average molecular weight is 358 g/mol. The largest absolute Gasteiger partial charge is 0.478 e. The molecular formula is C19H22N2O5. The van der Waals surface area contributed by atoms with Gasteiger partial charge in [0.2, 0.25) is 5.43 Å². The van der Waals surface area contributed by atoms with Crippen molar-refractivity contribution in [2.45, 2.75) is 20.3 Å². The van der Waals surface area contributed by atoms with Crippen molar-refractivity contribution in [2.24, 2.45) is 7.05 Å². The number of nitrogens with one attached hydrogen (secondary N) is 1. The molecule has 0 saturated heterocycles. The number of nitrogens with zero attached hydrogens (tertiary/aromatic N) is 1. The van der Waals surface area contributed by atoms with Crippen LogP contribution in [0.1, 0.15) is 29.9 Å². The number of hydrogen-bond donors (Lipinski definition) is 1. The lowest BCUT2D eigenvalue weighted by atomic mass is 10.2. The Morgan fingerprint density at radius 2 is 1.81 bits per heavy atom. The molecular weight excluding hydrogens is 336 g/mol. The van der Waals surface area contributed by atoms with Gasteiger partial charge in [-0.1, -0.05) is 6.92 Å². The maximum Gasteiger partial charge on any atom is 0.338 e. The SMILES string of the molecule is CCOC(=O)c1ccc(NC(=O)COc2c(CC)n(C)ccc2=O)cc1. The first-order chi connectivity index (χ1) is 12.5. The molecule has 0 aliphatic carbocycles. The highest BCUT2D eigenvalue weighted by Crippen LogP contribution is 2.14. The number of anilines is 1. The van der Waals surface area contributed by atoms with Gasteiger partial charge in [0.25, 0.3) is 5.91 Å². The average Bonchev–Trinajstić information content (AvgIpc) is 2.63. The number of carbonyl (C=O) groups is 2. The van der Waals surface area contributed by atoms with Crippen molar-refractivity contribution in [2.75, 3.05) is 18.5 Å². The molecule has 1 amide bonds. The van der Waals surface area contributed by atoms with E-state index in [1.54, 1.807) is 42.0 Å². The first kappa shape index (κ1) is 19.2. The van der Waals surface area contributed by atoms with Gasteiger partial charge in [-0.25, -0.2) is 4.79 Å². The zero-order valence-electron chi connectivity index (χ0n) is 15.1. The van der Waals surface area contributed by atoms with Crippen molar-refractivity contribution in [3.8, 4) is 5.75 Å². The maximum absolute atomic E-state index is 12.1. The molecule has 1 aromatic carbocycles. The van der Waals surface area contributed by atoms with E-state index in [4.69, 9.17) is 9.47 Å². The Labute approximate surface area is 151 Å². The fraction of sp³-hybridized carbons (Fsp3) is 0.316. The summed E-state index contributed by atoms with van der Waals surface area (Å²) in [5.41, 5.74) is 1.39. The Morgan fingerprint density at radius 3 is 2.42 bits per heavy atom. The monoisotopic (exact) mass is 358 g/mol. The van der Waals surface area contributed by atoms with Gasteiger partial charge in [-0.2, -0.15) is 0 Å². The highest BCUT2D eigenvalue weighted by atomic mass is 16.5. The van der Waals surface area contributed by atoms with Crippen LogP contribution in [-0.2, 0) is 23.0 Å². The van der Waals surface area contributed by atoms with Crippen LogP contribution in [0, 0.1) is 0 Å². The van der Waals surface area contributed by atoms with Crippen LogP contribution in [0.25, 0.3) is 0 Å². The van der Waals surface area contributed by atoms with Gasteiger partial charge >= 0.3 is 5.97 Å². The second kappa shape index (κ2) is 8.84. The van der Waals surface area contributed by atoms with E-state index in [-0.39, 0.29) is 17.8 Å². The minimum atomic E-state index is -0.416. The van der Waals surface area contributed by atoms with E-state index in [1.165, 1.54) is 6.07 Å². The quantitative estimate of drug-likeness (QED) is 0.767. The van der Waals surface area contributed by atoms with Gasteiger partial charge in [-0.3, -0.25) is 9.59 Å². The standard InChI is InChI=1S/C19H22N2O5/c1-4-15-18(16(22)10-11-21(15)3)26-12-17(23)20-14-8-6-13(7-9-14)19(24)25-5-2/h6-11H,4-5,12H2,1-3H3,(H,20,23). The molecule has 2 aromatic rings. The van der Waals surface area contributed by atoms with Gasteiger partial charge in [0.05, 0.1) is 17.9 Å². The normalized spacial score (nSPS) is 10.3. The zero-order chi connectivity index (χ0) is 19.1. The molecule has 0 unspecified atom stereocenters. The van der Waals surface area contributed by atoms with Crippen LogP contribution in [0.2, 0.25) is 0 Å². The lowest BCUT2D eigenvalue weighted by Crippen LogP contribution is -2.24. The summed E-state index contributed by atoms with van der Waals surface area (Å²) in [6.45, 7) is 3.66. The zero-order valence-corrected chi connectivity index (χ0v) is 15.1. The summed E-state index contributed by atoms with van der Waals surface area (Å²) in [5.74, 6) is -0.632. The summed E-state index contributed by atoms with van der Waals surface area (Å²) in [7, 11) is 1.82. The van der Waals surface area contributed by atoms with Gasteiger partial charge in [-0.15, -0.1) is 0 Å². The number of hydrogen-bond acceptors (Lipinski definition) is 5. The summed E-state index contributed by atoms with van der Waals surface area (Å²) in [6.07, 6.45) is 2.28. The molecule has 0 atom stereocenters. The molecule has 26 heavy (non-hydrogen) atoms. The number of amides is 1. The molecule has 138 valence electrons. The van der Waals surface area contributed by atoms with Gasteiger partial charge in [0.15, 0.2) is 12.4 Å². The lowest BCUT2D eigenvalue weighted by Gasteiger charge is -2.13. The highest BCUT2D eigenvalue weighted by molar-refractivity contribution is 5.93. The summed E-state index contributed by atoms with van der Waals surface area (Å²) in [6, 6.07) is 7.74. The summed E-state index contributed by atoms with van der Waals surface area (Å²) >= 11 is 0. The van der Waals surface area contributed by atoms with Crippen molar-refractivity contribution < 1.29 is 19.1 Å². The van der Waals surface area contributed by atoms with Crippen LogP contribution in [0.3, 0.4) is 0 Å². The summed E-state index contributed by atoms with van der Waals surface area (Å²) in [4.78, 5) is 35.6. The Hall–Kier alpha value is -3.09. The molecule has 0 fully saturated rings. The van der Waals surface area contributed by atoms with Crippen molar-refractivity contribution in [1.82, 2.24) is 4.57 Å². The molecule has 0 aliphatic heterocycles. The second-order valence-electron chi connectivity index (χ2n) is 5.55. The summed E-state index contributed by atoms with van der Waals surface area (Å²) < 4.78 is 12.1. The molecule has 1 N–H and O–H groups in total. The third kappa shape index (κ3) is 4.72. The molecule has 0 aliphatic rings. The number of carbonyl (C=O) groups excluding carboxylic acids is 2. The number of esters is 1. The lowest BCUT2D eigenvalue weighted by molar-refractivity contribution is -0.118. The van der Waals surface area contributed by atoms with Crippen LogP contribution in [-0.4, -0.2) is 29.7 Å². The molecule has 2 rings (SSSR count). The van der Waals surface area contributed by atoms with Crippen LogP contribution in [0.4, 0.5) is 5.69 Å². The van der Waals surface area contributed by atoms with E-state index in [9.17, 15) is 14.4 Å². The molecule has 1 heterocycles. The fourth-order valence-electron chi connectivity index (χ4n) is 2.45. The number of rotatable bonds is 7. The number of benzene rings is 1. The van der Waals surface area contributed by atoms with Crippen molar-refractivity contribution in [3.63, 3.8) is 0 Å². The third-order valence-corrected chi connectivity index (χ3v) is 3.72. The van der Waals surface area contributed by atoms with E-state index in [2.05, 4.69) is 5.32 Å². The topological polar surface area (TPSA) is 86.6 Å². The summed E-state index contributed by atoms with van der Waals surface area (Å²) in [5, 5.41) is 2.66. The van der Waals surface area contributed by atoms with Crippen LogP contribution >= 0.6 is 0 Å². The van der Waals surface area contributed by atoms with Crippen molar-refractivity contribution in [3.05, 3.63) is 58.0 Å². The predicted molar refractivity (Wildman–Crippen MR) is 97.6 cm³/mol. The first-order valence-electron chi connectivity index (χ1n) is 8.34. The van der Waals surface area contributed by atoms with Crippen molar-refractivity contribution >= 4 is 17.6 Å². The van der Waals surface area contributed by atoms with E-state index >= 15 is 0 Å². The molecule has 0 bridgehead atoms. The Morgan fingerprint density at radius 1 is 1.12 bits per heavy atom. The highest BCUT2D eigenvalue weighted by Gasteiger charge is 2.12. The minimum absolute atomic E-state index is 0.185. The predicted octanol–water partition coefficient (Wildman–Crippen LogP) is 2.14. The molecule has 7 heteroatoms. The van der Waals surface area contributed by atoms with Crippen LogP contribution in [0.5, 0.6) is 5.75 Å². The Bertz CT molecular complexity index is 840. The molecule has 0 radical (unpaired) electrons. The van der Waals surface area contributed by atoms with Crippen LogP contribution < -0.4 is 15.5 Å². The van der Waals surface area contributed by atoms with Gasteiger partial charge in [0, 0.05) is 25.0 Å².